The zero-order valence-corrected chi connectivity index (χ0v) is 8.77. The van der Waals surface area contributed by atoms with Crippen molar-refractivity contribution in [3.05, 3.63) is 34.1 Å². The number of benzene rings is 1. The zero-order valence-electron chi connectivity index (χ0n) is 8.01. The Morgan fingerprint density at radius 3 is 2.79 bits per heavy atom. The minimum atomic E-state index is -0.296. The van der Waals surface area contributed by atoms with Crippen LogP contribution in [0.3, 0.4) is 0 Å². The van der Waals surface area contributed by atoms with Crippen LogP contribution in [0.15, 0.2) is 12.1 Å². The van der Waals surface area contributed by atoms with E-state index in [1.165, 1.54) is 11.0 Å². The summed E-state index contributed by atoms with van der Waals surface area (Å²) in [7, 11) is 1.62. The lowest BCUT2D eigenvalue weighted by atomic mass is 10.1. The molecule has 0 aliphatic rings. The van der Waals surface area contributed by atoms with Crippen molar-refractivity contribution in [3.63, 3.8) is 0 Å². The Morgan fingerprint density at radius 2 is 2.21 bits per heavy atom. The molecule has 0 aliphatic heterocycles. The Morgan fingerprint density at radius 1 is 1.57 bits per heavy atom. The molecule has 14 heavy (non-hydrogen) atoms. The lowest BCUT2D eigenvalue weighted by molar-refractivity contribution is 0.467. The first kappa shape index (κ1) is 10.8. The van der Waals surface area contributed by atoms with E-state index in [0.717, 1.165) is 0 Å². The van der Waals surface area contributed by atoms with E-state index in [2.05, 4.69) is 0 Å². The third kappa shape index (κ3) is 2.36. The zero-order chi connectivity index (χ0) is 10.7. The number of hydrogen-bond acceptors (Lipinski definition) is 2. The summed E-state index contributed by atoms with van der Waals surface area (Å²) in [6.07, 6.45) is 1.93. The van der Waals surface area contributed by atoms with Gasteiger partial charge in [-0.15, -0.1) is 0 Å². The Kier molecular flexibility index (Phi) is 3.32. The SMILES string of the molecule is Cc1cc(Cl)c(CN(C)C#N)cc1F. The van der Waals surface area contributed by atoms with E-state index >= 15 is 0 Å². The van der Waals surface area contributed by atoms with Crippen LogP contribution in [0.25, 0.3) is 0 Å². The van der Waals surface area contributed by atoms with E-state index in [-0.39, 0.29) is 5.82 Å². The van der Waals surface area contributed by atoms with Crippen LogP contribution in [0.4, 0.5) is 4.39 Å². The summed E-state index contributed by atoms with van der Waals surface area (Å²) in [4.78, 5) is 1.38. The first-order valence-corrected chi connectivity index (χ1v) is 4.47. The molecule has 1 aromatic rings. The van der Waals surface area contributed by atoms with Gasteiger partial charge in [0, 0.05) is 12.1 Å². The molecule has 0 aliphatic carbocycles. The molecule has 2 nitrogen and oxygen atoms in total. The second kappa shape index (κ2) is 4.30. The van der Waals surface area contributed by atoms with E-state index in [0.29, 0.717) is 22.7 Å². The molecule has 0 bridgehead atoms. The maximum Gasteiger partial charge on any atom is 0.179 e. The normalized spacial score (nSPS) is 9.64. The molecule has 0 heterocycles. The molecular weight excluding hydrogens is 203 g/mol. The van der Waals surface area contributed by atoms with Gasteiger partial charge < -0.3 is 4.90 Å². The number of aryl methyl sites for hydroxylation is 1. The quantitative estimate of drug-likeness (QED) is 0.557. The van der Waals surface area contributed by atoms with Crippen LogP contribution >= 0.6 is 11.6 Å². The molecule has 0 saturated heterocycles. The molecule has 0 spiro atoms. The molecule has 0 unspecified atom stereocenters. The van der Waals surface area contributed by atoms with Crippen LogP contribution in [0.2, 0.25) is 5.02 Å². The van der Waals surface area contributed by atoms with Crippen molar-refractivity contribution in [2.45, 2.75) is 13.5 Å². The summed E-state index contributed by atoms with van der Waals surface area (Å²) in [5, 5.41) is 9.04. The highest BCUT2D eigenvalue weighted by Crippen LogP contribution is 2.21. The highest BCUT2D eigenvalue weighted by Gasteiger charge is 2.07. The van der Waals surface area contributed by atoms with Gasteiger partial charge in [-0.05, 0) is 30.2 Å². The Hall–Kier alpha value is -1.27. The van der Waals surface area contributed by atoms with E-state index in [4.69, 9.17) is 16.9 Å². The average molecular weight is 213 g/mol. The minimum Gasteiger partial charge on any atom is -0.309 e. The number of nitriles is 1. The standard InChI is InChI=1S/C10H10ClFN2/c1-7-3-9(11)8(4-10(7)12)5-14(2)6-13/h3-4H,5H2,1-2H3. The van der Waals surface area contributed by atoms with Crippen LogP contribution in [0.5, 0.6) is 0 Å². The molecule has 1 rings (SSSR count). The highest BCUT2D eigenvalue weighted by atomic mass is 35.5. The fraction of sp³-hybridized carbons (Fsp3) is 0.300. The second-order valence-corrected chi connectivity index (χ2v) is 3.56. The highest BCUT2D eigenvalue weighted by molar-refractivity contribution is 6.31. The van der Waals surface area contributed by atoms with Gasteiger partial charge >= 0.3 is 0 Å². The van der Waals surface area contributed by atoms with Crippen molar-refractivity contribution in [2.75, 3.05) is 7.05 Å². The first-order valence-electron chi connectivity index (χ1n) is 4.10. The van der Waals surface area contributed by atoms with Gasteiger partial charge in [-0.3, -0.25) is 0 Å². The summed E-state index contributed by atoms with van der Waals surface area (Å²) in [6, 6.07) is 2.93. The van der Waals surface area contributed by atoms with Crippen LogP contribution < -0.4 is 0 Å². The van der Waals surface area contributed by atoms with E-state index in [1.807, 2.05) is 6.19 Å². The van der Waals surface area contributed by atoms with Crippen molar-refractivity contribution in [3.8, 4) is 6.19 Å². The lowest BCUT2D eigenvalue weighted by Gasteiger charge is -2.11. The lowest BCUT2D eigenvalue weighted by Crippen LogP contribution is -2.10. The third-order valence-corrected chi connectivity index (χ3v) is 2.26. The molecule has 74 valence electrons. The van der Waals surface area contributed by atoms with Crippen LogP contribution in [-0.4, -0.2) is 11.9 Å². The fourth-order valence-corrected chi connectivity index (χ4v) is 1.38. The monoisotopic (exact) mass is 212 g/mol. The maximum absolute atomic E-state index is 13.2. The Labute approximate surface area is 87.5 Å². The van der Waals surface area contributed by atoms with Crippen LogP contribution in [0.1, 0.15) is 11.1 Å². The average Bonchev–Trinajstić information content (AvgIpc) is 2.14. The van der Waals surface area contributed by atoms with Gasteiger partial charge in [0.25, 0.3) is 0 Å². The van der Waals surface area contributed by atoms with Gasteiger partial charge in [0.15, 0.2) is 6.19 Å². The maximum atomic E-state index is 13.2. The fourth-order valence-electron chi connectivity index (χ4n) is 1.10. The van der Waals surface area contributed by atoms with Gasteiger partial charge in [0.05, 0.1) is 6.54 Å². The summed E-state index contributed by atoms with van der Waals surface area (Å²) in [5.41, 5.74) is 1.14. The van der Waals surface area contributed by atoms with Gasteiger partial charge in [-0.25, -0.2) is 4.39 Å². The predicted octanol–water partition coefficient (Wildman–Crippen LogP) is 2.70. The first-order chi connectivity index (χ1) is 6.54. The number of rotatable bonds is 2. The summed E-state index contributed by atoms with van der Waals surface area (Å²) in [5.74, 6) is -0.296. The van der Waals surface area contributed by atoms with Crippen molar-refractivity contribution < 1.29 is 4.39 Å². The summed E-state index contributed by atoms with van der Waals surface area (Å²) < 4.78 is 13.2. The third-order valence-electron chi connectivity index (χ3n) is 1.91. The van der Waals surface area contributed by atoms with Gasteiger partial charge in [0.2, 0.25) is 0 Å². The van der Waals surface area contributed by atoms with Gasteiger partial charge in [-0.1, -0.05) is 11.6 Å². The predicted molar refractivity (Wildman–Crippen MR) is 53.2 cm³/mol. The smallest absolute Gasteiger partial charge is 0.179 e. The van der Waals surface area contributed by atoms with E-state index < -0.39 is 0 Å². The molecule has 0 saturated carbocycles. The van der Waals surface area contributed by atoms with Gasteiger partial charge in [-0.2, -0.15) is 5.26 Å². The molecule has 0 atom stereocenters. The van der Waals surface area contributed by atoms with E-state index in [1.54, 1.807) is 20.0 Å². The van der Waals surface area contributed by atoms with Crippen LogP contribution in [0, 0.1) is 24.2 Å². The Bertz CT molecular complexity index is 384. The summed E-state index contributed by atoms with van der Waals surface area (Å²) >= 11 is 5.90. The molecule has 0 aromatic heterocycles. The number of hydrogen-bond donors (Lipinski definition) is 0. The topological polar surface area (TPSA) is 27.0 Å². The molecule has 0 N–H and O–H groups in total. The van der Waals surface area contributed by atoms with Crippen molar-refractivity contribution in [1.82, 2.24) is 4.90 Å². The van der Waals surface area contributed by atoms with E-state index in [9.17, 15) is 4.39 Å². The second-order valence-electron chi connectivity index (χ2n) is 3.15. The molecule has 0 amide bonds. The molecule has 4 heteroatoms. The molecule has 1 aromatic carbocycles. The van der Waals surface area contributed by atoms with Crippen LogP contribution in [-0.2, 0) is 6.54 Å². The molecule has 0 radical (unpaired) electrons. The molecule has 0 fully saturated rings. The minimum absolute atomic E-state index is 0.296. The number of halogens is 2. The number of nitrogens with zero attached hydrogens (tertiary/aromatic N) is 2. The largest absolute Gasteiger partial charge is 0.309 e. The van der Waals surface area contributed by atoms with Crippen molar-refractivity contribution >= 4 is 11.6 Å². The Balaban J connectivity index is 2.99. The van der Waals surface area contributed by atoms with Gasteiger partial charge in [0.1, 0.15) is 5.82 Å². The van der Waals surface area contributed by atoms with Crippen molar-refractivity contribution in [1.29, 1.82) is 5.26 Å². The molecular formula is C10H10ClFN2. The summed E-state index contributed by atoms with van der Waals surface area (Å²) in [6.45, 7) is 1.98. The van der Waals surface area contributed by atoms with Crippen molar-refractivity contribution in [2.24, 2.45) is 0 Å².